The number of nitrogens with zero attached hydrogens (tertiary/aromatic N) is 3. The van der Waals surface area contributed by atoms with Gasteiger partial charge in [-0.25, -0.2) is 0 Å². The average Bonchev–Trinajstić information content (AvgIpc) is 2.34. The number of hydrogen-bond acceptors (Lipinski definition) is 5. The molecule has 0 unspecified atom stereocenters. The third-order valence-electron chi connectivity index (χ3n) is 4.26. The van der Waals surface area contributed by atoms with Gasteiger partial charge in [-0.2, -0.15) is 5.26 Å². The van der Waals surface area contributed by atoms with Crippen LogP contribution in [0.1, 0.15) is 20.8 Å². The Morgan fingerprint density at radius 3 is 2.30 bits per heavy atom. The van der Waals surface area contributed by atoms with Crippen LogP contribution in [-0.2, 0) is 9.53 Å². The first-order valence-electron chi connectivity index (χ1n) is 7.15. The van der Waals surface area contributed by atoms with Gasteiger partial charge in [0.05, 0.1) is 24.8 Å². The van der Waals surface area contributed by atoms with Crippen LogP contribution in [0.25, 0.3) is 0 Å². The van der Waals surface area contributed by atoms with Crippen LogP contribution >= 0.6 is 0 Å². The van der Waals surface area contributed by atoms with Crippen molar-refractivity contribution in [3.8, 4) is 6.07 Å². The minimum atomic E-state index is -0.265. The fourth-order valence-corrected chi connectivity index (χ4v) is 2.75. The second kappa shape index (κ2) is 6.04. The minimum absolute atomic E-state index is 0.161. The molecule has 2 aliphatic rings. The van der Waals surface area contributed by atoms with Crippen LogP contribution in [0.4, 0.5) is 0 Å². The first-order valence-corrected chi connectivity index (χ1v) is 7.15. The van der Waals surface area contributed by atoms with E-state index in [0.29, 0.717) is 6.04 Å². The lowest BCUT2D eigenvalue weighted by Gasteiger charge is -2.46. The summed E-state index contributed by atoms with van der Waals surface area (Å²) in [6, 6.07) is 2.59. The first kappa shape index (κ1) is 15.2. The van der Waals surface area contributed by atoms with Crippen molar-refractivity contribution in [2.24, 2.45) is 0 Å². The highest BCUT2D eigenvalue weighted by molar-refractivity contribution is 5.97. The molecule has 2 rings (SSSR count). The largest absolute Gasteiger partial charge is 0.378 e. The van der Waals surface area contributed by atoms with Gasteiger partial charge in [-0.05, 0) is 26.8 Å². The molecule has 0 N–H and O–H groups in total. The summed E-state index contributed by atoms with van der Waals surface area (Å²) in [6.45, 7) is 11.2. The molecule has 0 aromatic heterocycles. The SMILES string of the molecule is CC(=O)/C(C#N)=C/C(C)(C)N1CCN(C2COC2)CC1. The van der Waals surface area contributed by atoms with Crippen molar-refractivity contribution in [2.75, 3.05) is 39.4 Å². The maximum atomic E-state index is 11.4. The van der Waals surface area contributed by atoms with E-state index < -0.39 is 0 Å². The summed E-state index contributed by atoms with van der Waals surface area (Å²) < 4.78 is 5.24. The molecular formula is C15H23N3O2. The van der Waals surface area contributed by atoms with Gasteiger partial charge in [-0.1, -0.05) is 0 Å². The van der Waals surface area contributed by atoms with Gasteiger partial charge < -0.3 is 4.74 Å². The van der Waals surface area contributed by atoms with E-state index >= 15 is 0 Å². The zero-order valence-corrected chi connectivity index (χ0v) is 12.6. The van der Waals surface area contributed by atoms with Crippen molar-refractivity contribution in [1.29, 1.82) is 5.26 Å². The molecule has 110 valence electrons. The molecule has 0 aliphatic carbocycles. The quantitative estimate of drug-likeness (QED) is 0.562. The van der Waals surface area contributed by atoms with Crippen molar-refractivity contribution < 1.29 is 9.53 Å². The van der Waals surface area contributed by atoms with Gasteiger partial charge in [-0.3, -0.25) is 14.6 Å². The summed E-state index contributed by atoms with van der Waals surface area (Å²) in [6.07, 6.45) is 1.80. The average molecular weight is 277 g/mol. The lowest BCUT2D eigenvalue weighted by Crippen LogP contribution is -2.59. The van der Waals surface area contributed by atoms with Crippen LogP contribution in [0, 0.1) is 11.3 Å². The smallest absolute Gasteiger partial charge is 0.170 e. The molecule has 2 heterocycles. The van der Waals surface area contributed by atoms with E-state index in [0.717, 1.165) is 39.4 Å². The van der Waals surface area contributed by atoms with Crippen molar-refractivity contribution in [1.82, 2.24) is 9.80 Å². The summed E-state index contributed by atoms with van der Waals surface area (Å²) in [5.74, 6) is -0.161. The molecule has 0 aromatic rings. The van der Waals surface area contributed by atoms with Gasteiger partial charge in [-0.15, -0.1) is 0 Å². The van der Waals surface area contributed by atoms with Gasteiger partial charge in [0.15, 0.2) is 5.78 Å². The van der Waals surface area contributed by atoms with E-state index in [-0.39, 0.29) is 16.9 Å². The second-order valence-electron chi connectivity index (χ2n) is 6.09. The number of ether oxygens (including phenoxy) is 1. The maximum absolute atomic E-state index is 11.4. The van der Waals surface area contributed by atoms with E-state index in [4.69, 9.17) is 10.00 Å². The van der Waals surface area contributed by atoms with Crippen molar-refractivity contribution in [3.05, 3.63) is 11.6 Å². The molecule has 2 fully saturated rings. The van der Waals surface area contributed by atoms with Crippen LogP contribution < -0.4 is 0 Å². The summed E-state index contributed by atoms with van der Waals surface area (Å²) in [5, 5.41) is 9.03. The van der Waals surface area contributed by atoms with Gasteiger partial charge >= 0.3 is 0 Å². The lowest BCUT2D eigenvalue weighted by atomic mass is 9.96. The second-order valence-corrected chi connectivity index (χ2v) is 6.09. The van der Waals surface area contributed by atoms with Crippen molar-refractivity contribution >= 4 is 5.78 Å². The van der Waals surface area contributed by atoms with Crippen LogP contribution in [0.2, 0.25) is 0 Å². The first-order chi connectivity index (χ1) is 9.44. The zero-order chi connectivity index (χ0) is 14.8. The summed E-state index contributed by atoms with van der Waals surface area (Å²) in [4.78, 5) is 16.2. The molecule has 2 aliphatic heterocycles. The monoisotopic (exact) mass is 277 g/mol. The van der Waals surface area contributed by atoms with Crippen LogP contribution in [0.15, 0.2) is 11.6 Å². The number of ketones is 1. The number of allylic oxidation sites excluding steroid dienone is 1. The molecular weight excluding hydrogens is 254 g/mol. The predicted octanol–water partition coefficient (Wildman–Crippen LogP) is 0.820. The highest BCUT2D eigenvalue weighted by Crippen LogP contribution is 2.22. The predicted molar refractivity (Wildman–Crippen MR) is 76.2 cm³/mol. The summed E-state index contributed by atoms with van der Waals surface area (Å²) in [5.41, 5.74) is -0.0105. The molecule has 20 heavy (non-hydrogen) atoms. The zero-order valence-electron chi connectivity index (χ0n) is 12.6. The summed E-state index contributed by atoms with van der Waals surface area (Å²) >= 11 is 0. The molecule has 2 saturated heterocycles. The number of carbonyl (C=O) groups is 1. The molecule has 5 nitrogen and oxygen atoms in total. The Balaban J connectivity index is 1.97. The standard InChI is InChI=1S/C15H23N3O2/c1-12(19)13(9-16)8-15(2,3)18-6-4-17(5-7-18)14-10-20-11-14/h8,14H,4-7,10-11H2,1-3H3/b13-8+. The number of piperazine rings is 1. The highest BCUT2D eigenvalue weighted by Gasteiger charge is 2.33. The van der Waals surface area contributed by atoms with Crippen LogP contribution in [0.3, 0.4) is 0 Å². The lowest BCUT2D eigenvalue weighted by molar-refractivity contribution is -0.113. The number of rotatable bonds is 4. The van der Waals surface area contributed by atoms with Crippen LogP contribution in [-0.4, -0.2) is 66.6 Å². The Kier molecular flexibility index (Phi) is 4.59. The molecule has 0 bridgehead atoms. The van der Waals surface area contributed by atoms with Gasteiger partial charge in [0.25, 0.3) is 0 Å². The van der Waals surface area contributed by atoms with Gasteiger partial charge in [0.2, 0.25) is 0 Å². The number of hydrogen-bond donors (Lipinski definition) is 0. The maximum Gasteiger partial charge on any atom is 0.170 e. The van der Waals surface area contributed by atoms with E-state index in [1.807, 2.05) is 6.07 Å². The van der Waals surface area contributed by atoms with Gasteiger partial charge in [0, 0.05) is 31.7 Å². The number of Topliss-reactive ketones (excluding diaryl/α,β-unsaturated/α-hetero) is 1. The Hall–Kier alpha value is -1.22. The minimum Gasteiger partial charge on any atom is -0.378 e. The third-order valence-corrected chi connectivity index (χ3v) is 4.26. The number of carbonyl (C=O) groups excluding carboxylic acids is 1. The van der Waals surface area contributed by atoms with E-state index in [9.17, 15) is 4.79 Å². The normalized spacial score (nSPS) is 23.2. The Labute approximate surface area is 120 Å². The Bertz CT molecular complexity index is 439. The molecule has 0 aromatic carbocycles. The van der Waals surface area contributed by atoms with Crippen molar-refractivity contribution in [2.45, 2.75) is 32.4 Å². The summed E-state index contributed by atoms with van der Waals surface area (Å²) in [7, 11) is 0. The molecule has 0 atom stereocenters. The van der Waals surface area contributed by atoms with Crippen LogP contribution in [0.5, 0.6) is 0 Å². The van der Waals surface area contributed by atoms with E-state index in [2.05, 4.69) is 23.6 Å². The van der Waals surface area contributed by atoms with Crippen molar-refractivity contribution in [3.63, 3.8) is 0 Å². The molecule has 5 heteroatoms. The molecule has 0 amide bonds. The third kappa shape index (κ3) is 3.26. The topological polar surface area (TPSA) is 56.6 Å². The van der Waals surface area contributed by atoms with Gasteiger partial charge in [0.1, 0.15) is 6.07 Å². The highest BCUT2D eigenvalue weighted by atomic mass is 16.5. The fraction of sp³-hybridized carbons (Fsp3) is 0.733. The molecule has 0 saturated carbocycles. The Morgan fingerprint density at radius 2 is 1.90 bits per heavy atom. The number of nitriles is 1. The van der Waals surface area contributed by atoms with E-state index in [1.165, 1.54) is 6.92 Å². The fourth-order valence-electron chi connectivity index (χ4n) is 2.75. The molecule has 0 spiro atoms. The van der Waals surface area contributed by atoms with E-state index in [1.54, 1.807) is 6.08 Å². The Morgan fingerprint density at radius 1 is 1.30 bits per heavy atom. The molecule has 0 radical (unpaired) electrons.